The second-order valence-electron chi connectivity index (χ2n) is 14.0. The van der Waals surface area contributed by atoms with Crippen LogP contribution >= 0.6 is 0 Å². The normalized spacial score (nSPS) is 15.5. The summed E-state index contributed by atoms with van der Waals surface area (Å²) < 4.78 is 0. The van der Waals surface area contributed by atoms with Gasteiger partial charge in [0.1, 0.15) is 0 Å². The molecule has 2 aliphatic heterocycles. The molecule has 49 heavy (non-hydrogen) atoms. The number of fused-ring (bicyclic) bond motifs is 8. The molecule has 6 aromatic rings. The maximum Gasteiger partial charge on any atom is 0.191 e. The number of carbonyl (C=O) groups is 1. The number of aromatic amines is 3. The van der Waals surface area contributed by atoms with E-state index in [2.05, 4.69) is 139 Å². The smallest absolute Gasteiger partial charge is 0.191 e. The fraction of sp³-hybridized carbons (Fsp3) is 0.159. The molecule has 0 saturated carbocycles. The van der Waals surface area contributed by atoms with Crippen molar-refractivity contribution >= 4 is 28.6 Å². The average Bonchev–Trinajstić information content (AvgIpc) is 3.88. The van der Waals surface area contributed by atoms with Crippen LogP contribution in [0, 0.1) is 33.1 Å². The summed E-state index contributed by atoms with van der Waals surface area (Å²) >= 11 is 0. The molecule has 2 aliphatic rings. The summed E-state index contributed by atoms with van der Waals surface area (Å²) in [4.78, 5) is 25.7. The van der Waals surface area contributed by atoms with Gasteiger partial charge in [0.25, 0.3) is 0 Å². The molecular formula is C44H40N4O. The molecule has 0 amide bonds. The largest absolute Gasteiger partial charge is 0.355 e. The molecule has 1 saturated heterocycles. The minimum absolute atomic E-state index is 0.0553. The highest BCUT2D eigenvalue weighted by atomic mass is 16.1. The van der Waals surface area contributed by atoms with E-state index in [1.807, 2.05) is 32.0 Å². The van der Waals surface area contributed by atoms with Gasteiger partial charge < -0.3 is 20.3 Å². The van der Waals surface area contributed by atoms with Crippen LogP contribution in [0.5, 0.6) is 0 Å². The van der Waals surface area contributed by atoms with E-state index in [4.69, 9.17) is 0 Å². The van der Waals surface area contributed by atoms with Crippen molar-refractivity contribution in [2.45, 2.75) is 41.5 Å². The van der Waals surface area contributed by atoms with Crippen molar-refractivity contribution in [1.29, 1.82) is 0 Å². The van der Waals surface area contributed by atoms with Gasteiger partial charge in [0.2, 0.25) is 0 Å². The first-order chi connectivity index (χ1) is 23.6. The van der Waals surface area contributed by atoms with E-state index in [0.717, 1.165) is 67.0 Å². The van der Waals surface area contributed by atoms with Crippen molar-refractivity contribution in [3.05, 3.63) is 187 Å². The Bertz CT molecular complexity index is 2450. The number of nitrogens with one attached hydrogen (secondary N) is 4. The Morgan fingerprint density at radius 3 is 1.84 bits per heavy atom. The third-order valence-corrected chi connectivity index (χ3v) is 10.0. The minimum atomic E-state index is -0.755. The van der Waals surface area contributed by atoms with Gasteiger partial charge in [-0.25, -0.2) is 0 Å². The molecule has 242 valence electrons. The lowest BCUT2D eigenvalue weighted by molar-refractivity contribution is -0.120. The van der Waals surface area contributed by atoms with Gasteiger partial charge in [-0.3, -0.25) is 4.79 Å². The zero-order valence-electron chi connectivity index (χ0n) is 28.8. The summed E-state index contributed by atoms with van der Waals surface area (Å²) in [6.45, 7) is 12.6. The average molecular weight is 641 g/mol. The van der Waals surface area contributed by atoms with E-state index in [-0.39, 0.29) is 5.78 Å². The summed E-state index contributed by atoms with van der Waals surface area (Å²) in [7, 11) is 0. The summed E-state index contributed by atoms with van der Waals surface area (Å²) in [5.74, 6) is 0.0553. The molecule has 5 heterocycles. The Balaban J connectivity index is 1.52. The van der Waals surface area contributed by atoms with Gasteiger partial charge >= 0.3 is 0 Å². The van der Waals surface area contributed by atoms with E-state index in [9.17, 15) is 4.79 Å². The van der Waals surface area contributed by atoms with Crippen LogP contribution in [0.1, 0.15) is 75.6 Å². The topological polar surface area (TPSA) is 76.5 Å². The predicted octanol–water partition coefficient (Wildman–Crippen LogP) is 7.71. The maximum absolute atomic E-state index is 14.4. The van der Waals surface area contributed by atoms with Crippen molar-refractivity contribution < 1.29 is 4.79 Å². The van der Waals surface area contributed by atoms with E-state index in [1.165, 1.54) is 27.8 Å². The standard InChI is InChI=1S/C44H40N4O/c1-25-12-14-30(15-13-25)39-32-17-16-31(45-32)24-37-44(5,6)43(49)42(48-37)40(29-10-8-7-9-11-29)34-19-21-36(47-34)41(35-20-18-33(39)46-35)38-27(3)22-26(2)23-28(38)4/h7-24,45-48H,1-6H3. The zero-order valence-corrected chi connectivity index (χ0v) is 28.8. The lowest BCUT2D eigenvalue weighted by atomic mass is 9.85. The fourth-order valence-corrected chi connectivity index (χ4v) is 7.55. The highest BCUT2D eigenvalue weighted by molar-refractivity contribution is 6.12. The van der Waals surface area contributed by atoms with Crippen LogP contribution in [0.25, 0.3) is 22.8 Å². The lowest BCUT2D eigenvalue weighted by Gasteiger charge is -2.15. The highest BCUT2D eigenvalue weighted by Crippen LogP contribution is 2.41. The van der Waals surface area contributed by atoms with E-state index in [0.29, 0.717) is 5.70 Å². The van der Waals surface area contributed by atoms with E-state index in [1.54, 1.807) is 0 Å². The Morgan fingerprint density at radius 1 is 0.551 bits per heavy atom. The maximum atomic E-state index is 14.4. The number of benzene rings is 3. The molecular weight excluding hydrogens is 601 g/mol. The molecule has 8 rings (SSSR count). The van der Waals surface area contributed by atoms with E-state index >= 15 is 0 Å². The number of hydrogen-bond donors (Lipinski definition) is 4. The number of H-pyrrole nitrogens is 3. The molecule has 0 unspecified atom stereocenters. The van der Waals surface area contributed by atoms with Crippen molar-refractivity contribution in [3.8, 4) is 0 Å². The number of aromatic nitrogens is 3. The second-order valence-corrected chi connectivity index (χ2v) is 14.0. The number of aryl methyl sites for hydroxylation is 4. The first-order valence-electron chi connectivity index (χ1n) is 16.9. The number of carbonyl (C=O) groups excluding carboxylic acids is 1. The van der Waals surface area contributed by atoms with Crippen LogP contribution in [0.3, 0.4) is 0 Å². The lowest BCUT2D eigenvalue weighted by Crippen LogP contribution is -2.20. The van der Waals surface area contributed by atoms with Crippen LogP contribution in [-0.2, 0) is 4.79 Å². The SMILES string of the molecule is Cc1ccc(C2=c3ccc([nH]3)=C(c3c(C)cc(C)cc3C)c3ccc([nH]3)C(c3ccccc3)=C3NC(=Cc4ccc2[nH]4)C(C)(C)C3=O)cc1. The third-order valence-electron chi connectivity index (χ3n) is 10.0. The minimum Gasteiger partial charge on any atom is -0.355 e. The van der Waals surface area contributed by atoms with Gasteiger partial charge in [0.05, 0.1) is 11.1 Å². The van der Waals surface area contributed by atoms with Crippen molar-refractivity contribution in [2.24, 2.45) is 5.41 Å². The molecule has 0 atom stereocenters. The molecule has 3 aromatic heterocycles. The molecule has 3 aromatic carbocycles. The van der Waals surface area contributed by atoms with Crippen molar-refractivity contribution in [1.82, 2.24) is 20.3 Å². The summed E-state index contributed by atoms with van der Waals surface area (Å²) in [5.41, 5.74) is 15.6. The first kappa shape index (κ1) is 30.5. The number of ketones is 1. The molecule has 1 fully saturated rings. The molecule has 5 nitrogen and oxygen atoms in total. The quantitative estimate of drug-likeness (QED) is 0.160. The Hall–Kier alpha value is -5.81. The molecule has 8 bridgehead atoms. The number of rotatable bonds is 3. The van der Waals surface area contributed by atoms with Crippen LogP contribution in [0.15, 0.2) is 115 Å². The highest BCUT2D eigenvalue weighted by Gasteiger charge is 2.43. The Kier molecular flexibility index (Phi) is 7.11. The van der Waals surface area contributed by atoms with Crippen molar-refractivity contribution in [3.63, 3.8) is 0 Å². The van der Waals surface area contributed by atoms with Gasteiger partial charge in [-0.2, -0.15) is 0 Å². The molecule has 0 radical (unpaired) electrons. The fourth-order valence-electron chi connectivity index (χ4n) is 7.55. The Labute approximate surface area is 286 Å². The van der Waals surface area contributed by atoms with Crippen LogP contribution in [0.4, 0.5) is 0 Å². The van der Waals surface area contributed by atoms with Crippen molar-refractivity contribution in [2.75, 3.05) is 0 Å². The molecule has 0 spiro atoms. The van der Waals surface area contributed by atoms with E-state index < -0.39 is 5.41 Å². The number of hydrogen-bond acceptors (Lipinski definition) is 2. The van der Waals surface area contributed by atoms with Gasteiger partial charge in [-0.05, 0) is 112 Å². The molecule has 4 N–H and O–H groups in total. The Morgan fingerprint density at radius 2 is 1.14 bits per heavy atom. The van der Waals surface area contributed by atoms with Gasteiger partial charge in [0.15, 0.2) is 5.78 Å². The van der Waals surface area contributed by atoms with Gasteiger partial charge in [-0.15, -0.1) is 0 Å². The van der Waals surface area contributed by atoms with Crippen LogP contribution in [-0.4, -0.2) is 20.7 Å². The summed E-state index contributed by atoms with van der Waals surface area (Å²) in [6, 6.07) is 36.2. The zero-order chi connectivity index (χ0) is 34.0. The first-order valence-corrected chi connectivity index (χ1v) is 16.9. The summed E-state index contributed by atoms with van der Waals surface area (Å²) in [5, 5.41) is 5.63. The molecule has 5 heteroatoms. The van der Waals surface area contributed by atoms with Crippen LogP contribution < -0.4 is 16.0 Å². The second kappa shape index (κ2) is 11.4. The number of allylic oxidation sites excluding steroid dienone is 2. The van der Waals surface area contributed by atoms with Gasteiger partial charge in [-0.1, -0.05) is 77.9 Å². The number of Topliss-reactive ketones (excluding diaryl/α,β-unsaturated/α-hetero) is 1. The molecule has 0 aliphatic carbocycles. The predicted molar refractivity (Wildman–Crippen MR) is 199 cm³/mol. The van der Waals surface area contributed by atoms with Gasteiger partial charge in [0, 0.05) is 55.9 Å². The monoisotopic (exact) mass is 640 g/mol. The third kappa shape index (κ3) is 5.14. The van der Waals surface area contributed by atoms with Crippen LogP contribution in [0.2, 0.25) is 0 Å². The summed E-state index contributed by atoms with van der Waals surface area (Å²) in [6.07, 6.45) is 2.07.